The highest BCUT2D eigenvalue weighted by atomic mass is 16.4. The van der Waals surface area contributed by atoms with E-state index in [9.17, 15) is 14.4 Å². The third-order valence-electron chi connectivity index (χ3n) is 2.50. The molecule has 0 spiro atoms. The normalized spacial score (nSPS) is 24.4. The van der Waals surface area contributed by atoms with Crippen molar-refractivity contribution in [3.8, 4) is 0 Å². The van der Waals surface area contributed by atoms with Gasteiger partial charge in [0.1, 0.15) is 5.54 Å². The SMILES string of the molecule is CC(C)(NC(=O)C1CC1C(=O)O)C(N)=O. The predicted molar refractivity (Wildman–Crippen MR) is 50.6 cm³/mol. The Hall–Kier alpha value is -1.59. The number of hydrogen-bond acceptors (Lipinski definition) is 3. The van der Waals surface area contributed by atoms with Crippen LogP contribution in [0.5, 0.6) is 0 Å². The number of aliphatic carboxylic acids is 1. The molecule has 0 aromatic rings. The second-order valence-electron chi connectivity index (χ2n) is 4.27. The Morgan fingerprint density at radius 1 is 1.33 bits per heavy atom. The molecule has 6 heteroatoms. The van der Waals surface area contributed by atoms with Gasteiger partial charge in [0.05, 0.1) is 11.8 Å². The standard InChI is InChI=1S/C9H14N2O4/c1-9(2,8(10)15)11-6(12)4-3-5(4)7(13)14/h4-5H,3H2,1-2H3,(H2,10,15)(H,11,12)(H,13,14). The Morgan fingerprint density at radius 3 is 2.20 bits per heavy atom. The first-order chi connectivity index (χ1) is 6.75. The van der Waals surface area contributed by atoms with E-state index >= 15 is 0 Å². The molecule has 1 saturated carbocycles. The van der Waals surface area contributed by atoms with Gasteiger partial charge in [0.15, 0.2) is 0 Å². The predicted octanol–water partition coefficient (Wildman–Crippen LogP) is -0.913. The van der Waals surface area contributed by atoms with E-state index in [1.807, 2.05) is 0 Å². The molecule has 0 bridgehead atoms. The van der Waals surface area contributed by atoms with Crippen LogP contribution in [0.25, 0.3) is 0 Å². The lowest BCUT2D eigenvalue weighted by molar-refractivity contribution is -0.140. The molecule has 6 nitrogen and oxygen atoms in total. The van der Waals surface area contributed by atoms with Gasteiger partial charge in [-0.3, -0.25) is 14.4 Å². The summed E-state index contributed by atoms with van der Waals surface area (Å²) >= 11 is 0. The fourth-order valence-electron chi connectivity index (χ4n) is 1.22. The van der Waals surface area contributed by atoms with E-state index in [4.69, 9.17) is 10.8 Å². The van der Waals surface area contributed by atoms with Crippen molar-refractivity contribution in [3.63, 3.8) is 0 Å². The average molecular weight is 214 g/mol. The van der Waals surface area contributed by atoms with Crippen molar-refractivity contribution in [2.45, 2.75) is 25.8 Å². The Labute approximate surface area is 86.8 Å². The number of hydrogen-bond donors (Lipinski definition) is 3. The lowest BCUT2D eigenvalue weighted by Crippen LogP contribution is -2.53. The summed E-state index contributed by atoms with van der Waals surface area (Å²) in [6.07, 6.45) is 0.329. The van der Waals surface area contributed by atoms with E-state index in [0.717, 1.165) is 0 Å². The first-order valence-electron chi connectivity index (χ1n) is 4.60. The maximum atomic E-state index is 11.5. The Balaban J connectivity index is 2.52. The third kappa shape index (κ3) is 2.45. The van der Waals surface area contributed by atoms with Gasteiger partial charge in [0.25, 0.3) is 0 Å². The van der Waals surface area contributed by atoms with Crippen LogP contribution in [0, 0.1) is 11.8 Å². The van der Waals surface area contributed by atoms with Gasteiger partial charge >= 0.3 is 5.97 Å². The number of carbonyl (C=O) groups is 3. The topological polar surface area (TPSA) is 109 Å². The maximum Gasteiger partial charge on any atom is 0.307 e. The van der Waals surface area contributed by atoms with Gasteiger partial charge in [0.2, 0.25) is 11.8 Å². The largest absolute Gasteiger partial charge is 0.481 e. The van der Waals surface area contributed by atoms with Crippen molar-refractivity contribution in [1.82, 2.24) is 5.32 Å². The Kier molecular flexibility index (Phi) is 2.70. The zero-order chi connectivity index (χ0) is 11.8. The number of carboxylic acids is 1. The van der Waals surface area contributed by atoms with Gasteiger partial charge in [-0.2, -0.15) is 0 Å². The number of nitrogens with one attached hydrogen (secondary N) is 1. The van der Waals surface area contributed by atoms with Crippen molar-refractivity contribution in [1.29, 1.82) is 0 Å². The molecule has 2 atom stereocenters. The molecule has 0 saturated heterocycles. The van der Waals surface area contributed by atoms with Crippen LogP contribution < -0.4 is 11.1 Å². The van der Waals surface area contributed by atoms with Crippen LogP contribution in [0.4, 0.5) is 0 Å². The van der Waals surface area contributed by atoms with Gasteiger partial charge in [-0.25, -0.2) is 0 Å². The monoisotopic (exact) mass is 214 g/mol. The second-order valence-corrected chi connectivity index (χ2v) is 4.27. The van der Waals surface area contributed by atoms with Crippen molar-refractivity contribution in [2.75, 3.05) is 0 Å². The summed E-state index contributed by atoms with van der Waals surface area (Å²) in [5, 5.41) is 11.0. The molecule has 0 radical (unpaired) electrons. The lowest BCUT2D eigenvalue weighted by atomic mass is 10.0. The van der Waals surface area contributed by atoms with Gasteiger partial charge in [-0.15, -0.1) is 0 Å². The molecule has 2 amide bonds. The summed E-state index contributed by atoms with van der Waals surface area (Å²) in [6.45, 7) is 2.96. The molecular formula is C9H14N2O4. The molecule has 0 aromatic carbocycles. The van der Waals surface area contributed by atoms with E-state index in [2.05, 4.69) is 5.32 Å². The highest BCUT2D eigenvalue weighted by Gasteiger charge is 2.49. The number of rotatable bonds is 4. The van der Waals surface area contributed by atoms with Gasteiger partial charge in [-0.1, -0.05) is 0 Å². The molecule has 1 fully saturated rings. The van der Waals surface area contributed by atoms with E-state index < -0.39 is 35.2 Å². The van der Waals surface area contributed by atoms with Gasteiger partial charge in [0, 0.05) is 0 Å². The molecule has 1 aliphatic carbocycles. The zero-order valence-electron chi connectivity index (χ0n) is 8.61. The van der Waals surface area contributed by atoms with Crippen molar-refractivity contribution < 1.29 is 19.5 Å². The first kappa shape index (κ1) is 11.5. The molecule has 2 unspecified atom stereocenters. The van der Waals surface area contributed by atoms with E-state index in [1.54, 1.807) is 0 Å². The lowest BCUT2D eigenvalue weighted by Gasteiger charge is -2.22. The van der Waals surface area contributed by atoms with Crippen LogP contribution in [0.1, 0.15) is 20.3 Å². The van der Waals surface area contributed by atoms with Crippen LogP contribution >= 0.6 is 0 Å². The van der Waals surface area contributed by atoms with Crippen LogP contribution in [-0.4, -0.2) is 28.4 Å². The van der Waals surface area contributed by atoms with Crippen LogP contribution in [-0.2, 0) is 14.4 Å². The van der Waals surface area contributed by atoms with Crippen LogP contribution in [0.2, 0.25) is 0 Å². The van der Waals surface area contributed by atoms with E-state index in [1.165, 1.54) is 13.8 Å². The summed E-state index contributed by atoms with van der Waals surface area (Å²) in [5.41, 5.74) is 3.93. The minimum atomic E-state index is -1.14. The molecule has 0 aromatic heterocycles. The molecular weight excluding hydrogens is 200 g/mol. The minimum absolute atomic E-state index is 0.329. The first-order valence-corrected chi connectivity index (χ1v) is 4.60. The summed E-state index contributed by atoms with van der Waals surface area (Å²) in [7, 11) is 0. The zero-order valence-corrected chi connectivity index (χ0v) is 8.61. The quantitative estimate of drug-likeness (QED) is 0.562. The smallest absolute Gasteiger partial charge is 0.307 e. The Bertz CT molecular complexity index is 324. The summed E-state index contributed by atoms with van der Waals surface area (Å²) < 4.78 is 0. The molecule has 1 rings (SSSR count). The molecule has 0 heterocycles. The van der Waals surface area contributed by atoms with Crippen LogP contribution in [0.15, 0.2) is 0 Å². The van der Waals surface area contributed by atoms with Crippen molar-refractivity contribution in [3.05, 3.63) is 0 Å². The summed E-state index contributed by atoms with van der Waals surface area (Å²) in [5.74, 6) is -3.20. The van der Waals surface area contributed by atoms with Crippen LogP contribution in [0.3, 0.4) is 0 Å². The van der Waals surface area contributed by atoms with E-state index in [0.29, 0.717) is 6.42 Å². The fourth-order valence-corrected chi connectivity index (χ4v) is 1.22. The van der Waals surface area contributed by atoms with Crippen molar-refractivity contribution in [2.24, 2.45) is 17.6 Å². The molecule has 0 aliphatic heterocycles. The minimum Gasteiger partial charge on any atom is -0.481 e. The second kappa shape index (κ2) is 3.52. The third-order valence-corrected chi connectivity index (χ3v) is 2.50. The fraction of sp³-hybridized carbons (Fsp3) is 0.667. The maximum absolute atomic E-state index is 11.5. The number of carboxylic acid groups (broad SMARTS) is 1. The molecule has 15 heavy (non-hydrogen) atoms. The molecule has 1 aliphatic rings. The number of amides is 2. The summed E-state index contributed by atoms with van der Waals surface area (Å²) in [6, 6.07) is 0. The van der Waals surface area contributed by atoms with Crippen molar-refractivity contribution >= 4 is 17.8 Å². The van der Waals surface area contributed by atoms with E-state index in [-0.39, 0.29) is 0 Å². The summed E-state index contributed by atoms with van der Waals surface area (Å²) in [4.78, 5) is 32.9. The highest BCUT2D eigenvalue weighted by molar-refractivity contribution is 5.94. The van der Waals surface area contributed by atoms with Gasteiger partial charge in [-0.05, 0) is 20.3 Å². The average Bonchev–Trinajstić information content (AvgIpc) is 2.80. The number of carbonyl (C=O) groups excluding carboxylic acids is 2. The molecule has 84 valence electrons. The van der Waals surface area contributed by atoms with Gasteiger partial charge < -0.3 is 16.2 Å². The molecule has 4 N–H and O–H groups in total. The Morgan fingerprint density at radius 2 is 1.87 bits per heavy atom. The number of primary amides is 1. The number of nitrogens with two attached hydrogens (primary N) is 1. The highest BCUT2D eigenvalue weighted by Crippen LogP contribution is 2.38.